The smallest absolute Gasteiger partial charge is 0.258 e. The summed E-state index contributed by atoms with van der Waals surface area (Å²) < 4.78 is 47.5. The van der Waals surface area contributed by atoms with Crippen LogP contribution in [-0.4, -0.2) is 51.9 Å². The largest absolute Gasteiger partial charge is 0.497 e. The fourth-order valence-corrected chi connectivity index (χ4v) is 5.77. The van der Waals surface area contributed by atoms with Crippen molar-refractivity contribution in [1.82, 2.24) is 4.31 Å². The SMILES string of the molecule is COc1ccc(N2CCN(S(=O)(=O)c3ccc(F)c(C(=O)Nc4cc(Cl)cc(Cl)c4)c3)CC2)cc1. The summed E-state index contributed by atoms with van der Waals surface area (Å²) in [5.74, 6) is -0.925. The topological polar surface area (TPSA) is 79.0 Å². The Bertz CT molecular complexity index is 1330. The highest BCUT2D eigenvalue weighted by Crippen LogP contribution is 2.26. The lowest BCUT2D eigenvalue weighted by molar-refractivity contribution is 0.102. The van der Waals surface area contributed by atoms with Crippen LogP contribution in [0.2, 0.25) is 10.0 Å². The molecule has 1 aliphatic heterocycles. The molecule has 1 N–H and O–H groups in total. The number of nitrogens with zero attached hydrogens (tertiary/aromatic N) is 2. The van der Waals surface area contributed by atoms with Crippen molar-refractivity contribution in [2.24, 2.45) is 0 Å². The molecule has 3 aromatic rings. The number of ether oxygens (including phenoxy) is 1. The van der Waals surface area contributed by atoms with Gasteiger partial charge in [0.25, 0.3) is 5.91 Å². The summed E-state index contributed by atoms with van der Waals surface area (Å²) in [4.78, 5) is 14.6. The maximum absolute atomic E-state index is 14.5. The number of benzene rings is 3. The number of amides is 1. The van der Waals surface area contributed by atoms with Gasteiger partial charge in [-0.05, 0) is 60.7 Å². The Morgan fingerprint density at radius 2 is 1.57 bits per heavy atom. The van der Waals surface area contributed by atoms with Crippen molar-refractivity contribution in [2.75, 3.05) is 43.5 Å². The van der Waals surface area contributed by atoms with Gasteiger partial charge in [-0.15, -0.1) is 0 Å². The van der Waals surface area contributed by atoms with Gasteiger partial charge in [0, 0.05) is 47.6 Å². The summed E-state index contributed by atoms with van der Waals surface area (Å²) in [6, 6.07) is 15.1. The summed E-state index contributed by atoms with van der Waals surface area (Å²) in [6.07, 6.45) is 0. The molecule has 0 saturated carbocycles. The molecule has 1 saturated heterocycles. The number of methoxy groups -OCH3 is 1. The van der Waals surface area contributed by atoms with Crippen LogP contribution in [0.4, 0.5) is 15.8 Å². The molecule has 184 valence electrons. The third kappa shape index (κ3) is 5.70. The summed E-state index contributed by atoms with van der Waals surface area (Å²) in [5.41, 5.74) is 0.818. The number of halogens is 3. The van der Waals surface area contributed by atoms with Crippen LogP contribution in [0.1, 0.15) is 10.4 Å². The minimum absolute atomic E-state index is 0.161. The van der Waals surface area contributed by atoms with Crippen molar-refractivity contribution in [3.8, 4) is 5.75 Å². The Balaban J connectivity index is 1.49. The number of piperazine rings is 1. The number of nitrogens with one attached hydrogen (secondary N) is 1. The van der Waals surface area contributed by atoms with Crippen molar-refractivity contribution in [2.45, 2.75) is 4.90 Å². The zero-order valence-electron chi connectivity index (χ0n) is 18.7. The number of sulfonamides is 1. The van der Waals surface area contributed by atoms with Crippen LogP contribution in [0.25, 0.3) is 0 Å². The van der Waals surface area contributed by atoms with Gasteiger partial charge >= 0.3 is 0 Å². The number of anilines is 2. The molecule has 11 heteroatoms. The van der Waals surface area contributed by atoms with Crippen LogP contribution >= 0.6 is 23.2 Å². The van der Waals surface area contributed by atoms with Gasteiger partial charge in [-0.25, -0.2) is 12.8 Å². The highest BCUT2D eigenvalue weighted by atomic mass is 35.5. The fourth-order valence-electron chi connectivity index (χ4n) is 3.79. The van der Waals surface area contributed by atoms with E-state index in [0.717, 1.165) is 29.6 Å². The van der Waals surface area contributed by atoms with Crippen molar-refractivity contribution >= 4 is 50.5 Å². The zero-order chi connectivity index (χ0) is 25.2. The number of hydrogen-bond donors (Lipinski definition) is 1. The van der Waals surface area contributed by atoms with Gasteiger partial charge in [0.05, 0.1) is 17.6 Å². The van der Waals surface area contributed by atoms with E-state index in [4.69, 9.17) is 27.9 Å². The first-order valence-corrected chi connectivity index (χ1v) is 12.8. The van der Waals surface area contributed by atoms with E-state index >= 15 is 0 Å². The standard InChI is InChI=1S/C24H22Cl2FN3O4S/c1-34-20-4-2-19(3-5-20)29-8-10-30(11-9-29)35(32,33)21-6-7-23(27)22(15-21)24(31)28-18-13-16(25)12-17(26)14-18/h2-7,12-15H,8-11H2,1H3,(H,28,31). The second-order valence-electron chi connectivity index (χ2n) is 7.84. The molecule has 0 radical (unpaired) electrons. The number of rotatable bonds is 6. The molecule has 4 rings (SSSR count). The first-order valence-electron chi connectivity index (χ1n) is 10.6. The molecule has 0 spiro atoms. The number of carbonyl (C=O) groups is 1. The Hall–Kier alpha value is -2.85. The van der Waals surface area contributed by atoms with Crippen LogP contribution in [0, 0.1) is 5.82 Å². The van der Waals surface area contributed by atoms with Crippen molar-refractivity contribution in [3.63, 3.8) is 0 Å². The molecule has 7 nitrogen and oxygen atoms in total. The second kappa shape index (κ2) is 10.4. The molecule has 0 atom stereocenters. The minimum Gasteiger partial charge on any atom is -0.497 e. The molecule has 1 fully saturated rings. The van der Waals surface area contributed by atoms with Gasteiger partial charge in [-0.2, -0.15) is 4.31 Å². The van der Waals surface area contributed by atoms with E-state index in [1.165, 1.54) is 22.5 Å². The number of carbonyl (C=O) groups excluding carboxylic acids is 1. The van der Waals surface area contributed by atoms with E-state index in [-0.39, 0.29) is 23.7 Å². The van der Waals surface area contributed by atoms with Crippen LogP contribution in [0.15, 0.2) is 65.6 Å². The van der Waals surface area contributed by atoms with Crippen molar-refractivity contribution in [1.29, 1.82) is 0 Å². The van der Waals surface area contributed by atoms with E-state index in [1.807, 2.05) is 24.3 Å². The van der Waals surface area contributed by atoms with Crippen LogP contribution < -0.4 is 15.0 Å². The maximum Gasteiger partial charge on any atom is 0.258 e. The summed E-state index contributed by atoms with van der Waals surface area (Å²) in [7, 11) is -2.35. The summed E-state index contributed by atoms with van der Waals surface area (Å²) in [6.45, 7) is 1.45. The van der Waals surface area contributed by atoms with Gasteiger partial charge < -0.3 is 15.0 Å². The summed E-state index contributed by atoms with van der Waals surface area (Å²) >= 11 is 11.9. The molecule has 0 bridgehead atoms. The average Bonchev–Trinajstić information content (AvgIpc) is 2.83. The van der Waals surface area contributed by atoms with E-state index in [9.17, 15) is 17.6 Å². The number of hydrogen-bond acceptors (Lipinski definition) is 5. The Kier molecular flexibility index (Phi) is 7.51. The Morgan fingerprint density at radius 1 is 0.943 bits per heavy atom. The van der Waals surface area contributed by atoms with Gasteiger partial charge in [-0.1, -0.05) is 23.2 Å². The summed E-state index contributed by atoms with van der Waals surface area (Å²) in [5, 5.41) is 3.08. The monoisotopic (exact) mass is 537 g/mol. The molecule has 0 aliphatic carbocycles. The van der Waals surface area contributed by atoms with Crippen LogP contribution in [-0.2, 0) is 10.0 Å². The predicted molar refractivity (Wildman–Crippen MR) is 135 cm³/mol. The van der Waals surface area contributed by atoms with E-state index in [2.05, 4.69) is 10.2 Å². The van der Waals surface area contributed by atoms with Crippen molar-refractivity contribution < 1.29 is 22.3 Å². The normalized spacial score (nSPS) is 14.6. The lowest BCUT2D eigenvalue weighted by Crippen LogP contribution is -2.48. The minimum atomic E-state index is -3.94. The van der Waals surface area contributed by atoms with Gasteiger partial charge in [0.15, 0.2) is 0 Å². The van der Waals surface area contributed by atoms with Crippen molar-refractivity contribution in [3.05, 3.63) is 82.1 Å². The molecular formula is C24H22Cl2FN3O4S. The van der Waals surface area contributed by atoms with E-state index in [1.54, 1.807) is 7.11 Å². The molecule has 1 aliphatic rings. The lowest BCUT2D eigenvalue weighted by atomic mass is 10.2. The maximum atomic E-state index is 14.5. The molecule has 1 amide bonds. The second-order valence-corrected chi connectivity index (χ2v) is 10.7. The average molecular weight is 538 g/mol. The molecule has 0 unspecified atom stereocenters. The molecular weight excluding hydrogens is 516 g/mol. The Morgan fingerprint density at radius 3 is 2.17 bits per heavy atom. The first kappa shape index (κ1) is 25.2. The van der Waals surface area contributed by atoms with Gasteiger partial charge in [0.1, 0.15) is 11.6 Å². The lowest BCUT2D eigenvalue weighted by Gasteiger charge is -2.35. The molecule has 0 aromatic heterocycles. The quantitative estimate of drug-likeness (QED) is 0.483. The van der Waals surface area contributed by atoms with Gasteiger partial charge in [-0.3, -0.25) is 4.79 Å². The molecule has 35 heavy (non-hydrogen) atoms. The first-order chi connectivity index (χ1) is 16.7. The van der Waals surface area contributed by atoms with Crippen LogP contribution in [0.5, 0.6) is 5.75 Å². The van der Waals surface area contributed by atoms with Crippen LogP contribution in [0.3, 0.4) is 0 Å². The van der Waals surface area contributed by atoms with E-state index in [0.29, 0.717) is 23.1 Å². The Labute approximate surface area is 213 Å². The van der Waals surface area contributed by atoms with E-state index < -0.39 is 27.3 Å². The zero-order valence-corrected chi connectivity index (χ0v) is 21.0. The predicted octanol–water partition coefficient (Wildman–Crippen LogP) is 4.90. The highest BCUT2D eigenvalue weighted by molar-refractivity contribution is 7.89. The van der Waals surface area contributed by atoms with Gasteiger partial charge in [0.2, 0.25) is 10.0 Å². The third-order valence-corrected chi connectivity index (χ3v) is 7.95. The third-order valence-electron chi connectivity index (χ3n) is 5.62. The fraction of sp³-hybridized carbons (Fsp3) is 0.208. The molecule has 3 aromatic carbocycles. The molecule has 1 heterocycles. The highest BCUT2D eigenvalue weighted by Gasteiger charge is 2.30.